The van der Waals surface area contributed by atoms with Crippen LogP contribution in [0.2, 0.25) is 0 Å². The quantitative estimate of drug-likeness (QED) is 0.480. The Morgan fingerprint density at radius 1 is 1.23 bits per heavy atom. The number of H-pyrrole nitrogens is 1. The number of rotatable bonds is 9. The second-order valence-corrected chi connectivity index (χ2v) is 9.79. The van der Waals surface area contributed by atoms with E-state index >= 15 is 0 Å². The zero-order valence-corrected chi connectivity index (χ0v) is 21.8. The fraction of sp³-hybridized carbons (Fsp3) is 0.560. The Labute approximate surface area is 205 Å². The largest absolute Gasteiger partial charge is 0.383 e. The maximum Gasteiger partial charge on any atom is 0.330 e. The Morgan fingerprint density at radius 3 is 2.51 bits per heavy atom. The molecule has 3 aromatic rings. The van der Waals surface area contributed by atoms with Crippen LogP contribution >= 0.6 is 0 Å². The zero-order valence-electron chi connectivity index (χ0n) is 21.8. The lowest BCUT2D eigenvalue weighted by molar-refractivity contribution is 0.0987. The van der Waals surface area contributed by atoms with Gasteiger partial charge in [-0.1, -0.05) is 41.0 Å². The van der Waals surface area contributed by atoms with E-state index in [2.05, 4.69) is 10.1 Å². The van der Waals surface area contributed by atoms with Crippen LogP contribution in [-0.2, 0) is 13.6 Å². The predicted molar refractivity (Wildman–Crippen MR) is 139 cm³/mol. The molecule has 0 aliphatic rings. The van der Waals surface area contributed by atoms with Crippen molar-refractivity contribution >= 4 is 28.4 Å². The third-order valence-corrected chi connectivity index (χ3v) is 6.20. The van der Waals surface area contributed by atoms with Crippen LogP contribution in [0.1, 0.15) is 81.5 Å². The van der Waals surface area contributed by atoms with Crippen LogP contribution in [0.25, 0.3) is 11.0 Å². The van der Waals surface area contributed by atoms with Gasteiger partial charge in [-0.15, -0.1) is 0 Å². The lowest BCUT2D eigenvalue weighted by Gasteiger charge is -2.26. The molecule has 10 heteroatoms. The normalized spacial score (nSPS) is 11.7. The molecule has 0 aromatic carbocycles. The lowest BCUT2D eigenvalue weighted by atomic mass is 10.0. The number of fused-ring (bicyclic) bond motifs is 1. The molecule has 3 N–H and O–H groups in total. The fourth-order valence-corrected chi connectivity index (χ4v) is 4.15. The first-order chi connectivity index (χ1) is 16.5. The summed E-state index contributed by atoms with van der Waals surface area (Å²) in [5.74, 6) is -0.00866. The van der Waals surface area contributed by atoms with Crippen molar-refractivity contribution < 1.29 is 4.79 Å². The summed E-state index contributed by atoms with van der Waals surface area (Å²) in [5, 5.41) is 5.12. The number of nitrogens with zero attached hydrogens (tertiary/aromatic N) is 5. The van der Waals surface area contributed by atoms with Gasteiger partial charge in [0, 0.05) is 25.8 Å². The van der Waals surface area contributed by atoms with E-state index in [0.29, 0.717) is 41.7 Å². The predicted octanol–water partition coefficient (Wildman–Crippen LogP) is 3.33. The van der Waals surface area contributed by atoms with Crippen LogP contribution < -0.4 is 21.9 Å². The first-order valence-corrected chi connectivity index (χ1v) is 12.3. The van der Waals surface area contributed by atoms with Gasteiger partial charge in [0.2, 0.25) is 0 Å². The molecule has 0 spiro atoms. The Morgan fingerprint density at radius 2 is 1.91 bits per heavy atom. The topological polar surface area (TPSA) is 132 Å². The molecular weight excluding hydrogens is 446 g/mol. The summed E-state index contributed by atoms with van der Waals surface area (Å²) in [6.45, 7) is 12.6. The highest BCUT2D eigenvalue weighted by molar-refractivity contribution is 6.14. The average molecular weight is 484 g/mol. The lowest BCUT2D eigenvalue weighted by Crippen LogP contribution is -2.42. The van der Waals surface area contributed by atoms with Crippen molar-refractivity contribution in [2.75, 3.05) is 17.2 Å². The maximum atomic E-state index is 14.2. The summed E-state index contributed by atoms with van der Waals surface area (Å²) in [7, 11) is 1.80. The number of amides is 1. The first-order valence-electron chi connectivity index (χ1n) is 12.3. The number of carbonyl (C=O) groups excluding carboxylic acids is 1. The van der Waals surface area contributed by atoms with E-state index in [0.717, 1.165) is 12.1 Å². The molecule has 0 aliphatic heterocycles. The van der Waals surface area contributed by atoms with Gasteiger partial charge in [-0.25, -0.2) is 9.78 Å². The minimum Gasteiger partial charge on any atom is -0.383 e. The number of carbonyl (C=O) groups is 1. The highest BCUT2D eigenvalue weighted by atomic mass is 16.2. The van der Waals surface area contributed by atoms with Crippen molar-refractivity contribution in [1.82, 2.24) is 24.3 Å². The SMILES string of the molecule is CCCCn1c(N)c(N(CCC(C)C)C(=O)c2cc(C(C)C)nc3c2c(C)nn3C)c(=O)[nH]c1=O. The number of hydrogen-bond donors (Lipinski definition) is 2. The van der Waals surface area contributed by atoms with Gasteiger partial charge in [0.15, 0.2) is 11.3 Å². The Balaban J connectivity index is 2.28. The number of nitrogen functional groups attached to an aromatic ring is 1. The summed E-state index contributed by atoms with van der Waals surface area (Å²) in [4.78, 5) is 48.2. The van der Waals surface area contributed by atoms with Gasteiger partial charge < -0.3 is 10.6 Å². The van der Waals surface area contributed by atoms with Crippen LogP contribution in [-0.4, -0.2) is 36.8 Å². The number of pyridine rings is 1. The highest BCUT2D eigenvalue weighted by Crippen LogP contribution is 2.28. The Bertz CT molecular complexity index is 1350. The van der Waals surface area contributed by atoms with Gasteiger partial charge in [0.25, 0.3) is 11.5 Å². The van der Waals surface area contributed by atoms with Crippen molar-refractivity contribution in [2.24, 2.45) is 13.0 Å². The average Bonchev–Trinajstić information content (AvgIpc) is 3.07. The molecule has 0 aliphatic carbocycles. The highest BCUT2D eigenvalue weighted by Gasteiger charge is 2.29. The van der Waals surface area contributed by atoms with Gasteiger partial charge in [-0.2, -0.15) is 5.10 Å². The van der Waals surface area contributed by atoms with Crippen molar-refractivity contribution in [1.29, 1.82) is 0 Å². The van der Waals surface area contributed by atoms with Crippen LogP contribution in [0.4, 0.5) is 11.5 Å². The standard InChI is InChI=1S/C25H37N7O3/c1-8-9-11-32-21(26)20(23(33)28-25(32)35)31(12-10-14(2)3)24(34)17-13-18(15(4)5)27-22-19(17)16(6)29-30(22)7/h13-15H,8-12,26H2,1-7H3,(H,28,33,35). The monoisotopic (exact) mass is 483 g/mol. The molecule has 190 valence electrons. The van der Waals surface area contributed by atoms with E-state index in [1.165, 1.54) is 9.47 Å². The minimum absolute atomic E-state index is 0.00148. The molecule has 10 nitrogen and oxygen atoms in total. The molecule has 1 amide bonds. The third-order valence-electron chi connectivity index (χ3n) is 6.20. The summed E-state index contributed by atoms with van der Waals surface area (Å²) in [5.41, 5.74) is 7.60. The smallest absolute Gasteiger partial charge is 0.330 e. The third kappa shape index (κ3) is 5.16. The van der Waals surface area contributed by atoms with E-state index < -0.39 is 11.2 Å². The molecule has 3 heterocycles. The Kier molecular flexibility index (Phi) is 7.82. The number of aryl methyl sites for hydroxylation is 2. The van der Waals surface area contributed by atoms with E-state index in [1.807, 2.05) is 41.5 Å². The summed E-state index contributed by atoms with van der Waals surface area (Å²) >= 11 is 0. The van der Waals surface area contributed by atoms with E-state index in [-0.39, 0.29) is 35.8 Å². The summed E-state index contributed by atoms with van der Waals surface area (Å²) in [6.07, 6.45) is 2.22. The second-order valence-electron chi connectivity index (χ2n) is 9.79. The number of nitrogens with two attached hydrogens (primary N) is 1. The molecular formula is C25H37N7O3. The molecule has 0 bridgehead atoms. The Hall–Kier alpha value is -3.43. The first kappa shape index (κ1) is 26.2. The number of anilines is 2. The number of unbranched alkanes of at least 4 members (excludes halogenated alkanes) is 1. The minimum atomic E-state index is -0.672. The maximum absolute atomic E-state index is 14.2. The molecule has 0 fully saturated rings. The van der Waals surface area contributed by atoms with Gasteiger partial charge in [0.05, 0.1) is 16.6 Å². The second kappa shape index (κ2) is 10.5. The fourth-order valence-electron chi connectivity index (χ4n) is 4.15. The van der Waals surface area contributed by atoms with Crippen LogP contribution in [0.5, 0.6) is 0 Å². The van der Waals surface area contributed by atoms with Crippen LogP contribution in [0.3, 0.4) is 0 Å². The molecule has 0 atom stereocenters. The van der Waals surface area contributed by atoms with Gasteiger partial charge in [-0.3, -0.25) is 23.8 Å². The zero-order chi connectivity index (χ0) is 26.0. The van der Waals surface area contributed by atoms with Crippen molar-refractivity contribution in [3.05, 3.63) is 43.9 Å². The van der Waals surface area contributed by atoms with E-state index in [9.17, 15) is 14.4 Å². The number of hydrogen-bond acceptors (Lipinski definition) is 6. The molecule has 0 saturated heterocycles. The molecule has 35 heavy (non-hydrogen) atoms. The molecule has 0 radical (unpaired) electrons. The van der Waals surface area contributed by atoms with Crippen LogP contribution in [0, 0.1) is 12.8 Å². The molecule has 0 unspecified atom stereocenters. The van der Waals surface area contributed by atoms with Crippen molar-refractivity contribution in [3.8, 4) is 0 Å². The van der Waals surface area contributed by atoms with Gasteiger partial charge in [-0.05, 0) is 37.7 Å². The van der Waals surface area contributed by atoms with Crippen LogP contribution in [0.15, 0.2) is 15.7 Å². The van der Waals surface area contributed by atoms with Gasteiger partial charge >= 0.3 is 5.69 Å². The number of aromatic amines is 1. The summed E-state index contributed by atoms with van der Waals surface area (Å²) in [6, 6.07) is 1.78. The van der Waals surface area contributed by atoms with Crippen molar-refractivity contribution in [2.45, 2.75) is 73.3 Å². The number of nitrogens with one attached hydrogen (secondary N) is 1. The molecule has 3 aromatic heterocycles. The molecule has 3 rings (SSSR count). The number of aromatic nitrogens is 5. The van der Waals surface area contributed by atoms with E-state index in [4.69, 9.17) is 10.7 Å². The molecule has 0 saturated carbocycles. The van der Waals surface area contributed by atoms with E-state index in [1.54, 1.807) is 17.8 Å². The summed E-state index contributed by atoms with van der Waals surface area (Å²) < 4.78 is 3.00. The van der Waals surface area contributed by atoms with Crippen molar-refractivity contribution in [3.63, 3.8) is 0 Å². The van der Waals surface area contributed by atoms with Gasteiger partial charge in [0.1, 0.15) is 5.82 Å².